The summed E-state index contributed by atoms with van der Waals surface area (Å²) in [6.07, 6.45) is 0. The maximum absolute atomic E-state index is 9.86. The van der Waals surface area contributed by atoms with Crippen LogP contribution in [-0.2, 0) is 9.13 Å². The van der Waals surface area contributed by atoms with Crippen LogP contribution >= 0.6 is 22.5 Å². The zero-order chi connectivity index (χ0) is 7.71. The van der Waals surface area contributed by atoms with Crippen molar-refractivity contribution in [1.29, 1.82) is 0 Å². The van der Waals surface area contributed by atoms with Crippen molar-refractivity contribution in [2.24, 2.45) is 0 Å². The maximum Gasteiger partial charge on any atom is 0.353 e. The summed E-state index contributed by atoms with van der Waals surface area (Å²) in [7, 11) is -10.7. The van der Waals surface area contributed by atoms with Crippen LogP contribution in [0.15, 0.2) is 0 Å². The topological polar surface area (TPSA) is 115 Å². The maximum atomic E-state index is 9.86. The molecule has 4 N–H and O–H groups in total. The van der Waals surface area contributed by atoms with Crippen molar-refractivity contribution in [3.8, 4) is 0 Å². The number of hydrogen-bond donors (Lipinski definition) is 4. The molecule has 0 aliphatic rings. The van der Waals surface area contributed by atoms with Crippen molar-refractivity contribution in [3.05, 3.63) is 0 Å². The van der Waals surface area contributed by atoms with E-state index in [1.807, 2.05) is 0 Å². The molecule has 0 radical (unpaired) electrons. The van der Waals surface area contributed by atoms with Gasteiger partial charge in [-0.15, -0.1) is 0 Å². The van der Waals surface area contributed by atoms with Crippen LogP contribution in [0.1, 0.15) is 0 Å². The lowest BCUT2D eigenvalue weighted by atomic mass is 15.8. The second kappa shape index (κ2) is 2.77. The summed E-state index contributed by atoms with van der Waals surface area (Å²) in [6, 6.07) is 0. The minimum Gasteiger partial charge on any atom is -0.321 e. The zero-order valence-corrected chi connectivity index (χ0v) is 6.79. The van der Waals surface area contributed by atoms with Gasteiger partial charge in [0.1, 0.15) is 7.96 Å². The van der Waals surface area contributed by atoms with Gasteiger partial charge in [0, 0.05) is 0 Å². The van der Waals surface area contributed by atoms with E-state index >= 15 is 0 Å². The summed E-state index contributed by atoms with van der Waals surface area (Å²) < 4.78 is 19.7. The van der Waals surface area contributed by atoms with Crippen LogP contribution in [0.5, 0.6) is 0 Å². The Morgan fingerprint density at radius 1 is 0.889 bits per heavy atom. The van der Waals surface area contributed by atoms with Crippen molar-refractivity contribution in [2.75, 3.05) is 0 Å². The van der Waals surface area contributed by atoms with E-state index in [0.29, 0.717) is 0 Å². The molecule has 0 aliphatic carbocycles. The van der Waals surface area contributed by atoms with Crippen LogP contribution < -0.4 is 0 Å². The van der Waals surface area contributed by atoms with Gasteiger partial charge in [0.25, 0.3) is 0 Å². The van der Waals surface area contributed by atoms with Gasteiger partial charge >= 0.3 is 14.6 Å². The second-order valence-electron chi connectivity index (χ2n) is 1.19. The molecule has 9 heteroatoms. The Labute approximate surface area is 52.2 Å². The van der Waals surface area contributed by atoms with Gasteiger partial charge in [0.05, 0.1) is 0 Å². The number of rotatable bonds is 2. The van der Waals surface area contributed by atoms with Gasteiger partial charge in [-0.25, -0.2) is 0 Å². The molecule has 0 aromatic carbocycles. The Morgan fingerprint density at radius 2 is 1.11 bits per heavy atom. The van der Waals surface area contributed by atoms with E-state index in [4.69, 9.17) is 19.6 Å². The quantitative estimate of drug-likeness (QED) is 0.454. The van der Waals surface area contributed by atoms with Gasteiger partial charge in [-0.05, 0) is 0 Å². The van der Waals surface area contributed by atoms with E-state index < -0.39 is 22.5 Å². The molecule has 6 nitrogen and oxygen atoms in total. The predicted molar refractivity (Wildman–Crippen MR) is 32.4 cm³/mol. The summed E-state index contributed by atoms with van der Waals surface area (Å²) in [4.78, 5) is 31.9. The summed E-state index contributed by atoms with van der Waals surface area (Å²) in [5, 5.41) is 0. The van der Waals surface area contributed by atoms with Crippen LogP contribution in [0.3, 0.4) is 0 Å². The third-order valence-corrected chi connectivity index (χ3v) is 7.03. The Balaban J connectivity index is 4.07. The molecule has 0 aromatic rings. The molecule has 0 unspecified atom stereocenters. The van der Waals surface area contributed by atoms with Crippen LogP contribution in [0.2, 0.25) is 0 Å². The first kappa shape index (κ1) is 9.73. The van der Waals surface area contributed by atoms with Crippen molar-refractivity contribution >= 4 is 22.5 Å². The highest BCUT2D eigenvalue weighted by Gasteiger charge is 2.26. The molecule has 0 aliphatic heterocycles. The van der Waals surface area contributed by atoms with Crippen LogP contribution in [0.25, 0.3) is 0 Å². The lowest BCUT2D eigenvalue weighted by Gasteiger charge is -2.03. The highest BCUT2D eigenvalue weighted by atomic mass is 32.5. The normalized spacial score (nSPS) is 13.8. The largest absolute Gasteiger partial charge is 0.353 e. The first-order valence-electron chi connectivity index (χ1n) is 1.61. The summed E-state index contributed by atoms with van der Waals surface area (Å²) >= 11 is 0. The van der Waals surface area contributed by atoms with E-state index in [2.05, 4.69) is 0 Å². The first-order chi connectivity index (χ1) is 3.71. The minimum atomic E-state index is -4.52. The summed E-state index contributed by atoms with van der Waals surface area (Å²) in [5.41, 5.74) is 0. The molecule has 0 rings (SSSR count). The molecule has 9 heavy (non-hydrogen) atoms. The fraction of sp³-hybridized carbons (Fsp3) is 0. The molecule has 56 valence electrons. The smallest absolute Gasteiger partial charge is 0.321 e. The molecule has 0 fully saturated rings. The Morgan fingerprint density at radius 3 is 1.11 bits per heavy atom. The predicted octanol–water partition coefficient (Wildman–Crippen LogP) is -0.150. The van der Waals surface area contributed by atoms with Crippen molar-refractivity contribution in [3.63, 3.8) is 0 Å². The SMILES string of the molecule is O=P(O)(O)PP(=O)(O)O. The minimum absolute atomic E-state index is 1.62. The van der Waals surface area contributed by atoms with Gasteiger partial charge < -0.3 is 19.6 Å². The van der Waals surface area contributed by atoms with Crippen LogP contribution in [0.4, 0.5) is 0 Å². The molecule has 0 saturated heterocycles. The van der Waals surface area contributed by atoms with E-state index in [9.17, 15) is 9.13 Å². The summed E-state index contributed by atoms with van der Waals surface area (Å²) in [5.74, 6) is 0. The average Bonchev–Trinajstić information content (AvgIpc) is 1.14. The highest BCUT2D eigenvalue weighted by molar-refractivity contribution is 8.51. The standard InChI is InChI=1S/H5O6P3/c1-8(2,3)7-9(4,5)6/h7H,(H2,1,2,3)(H2,4,5,6). The van der Waals surface area contributed by atoms with Crippen LogP contribution in [0, 0.1) is 0 Å². The van der Waals surface area contributed by atoms with E-state index in [1.54, 1.807) is 0 Å². The summed E-state index contributed by atoms with van der Waals surface area (Å²) in [6.45, 7) is 0. The molecular weight excluding hydrogens is 189 g/mol. The van der Waals surface area contributed by atoms with Gasteiger partial charge in [-0.2, -0.15) is 0 Å². The molecule has 0 atom stereocenters. The second-order valence-corrected chi connectivity index (χ2v) is 9.46. The van der Waals surface area contributed by atoms with Gasteiger partial charge in [0.2, 0.25) is 0 Å². The third-order valence-electron chi connectivity index (χ3n) is 0.261. The molecule has 0 spiro atoms. The lowest BCUT2D eigenvalue weighted by Crippen LogP contribution is -1.68. The van der Waals surface area contributed by atoms with Gasteiger partial charge in [-0.3, -0.25) is 9.13 Å². The molecule has 0 aromatic heterocycles. The Bertz CT molecular complexity index is 149. The average molecular weight is 194 g/mol. The first-order valence-corrected chi connectivity index (χ1v) is 7.52. The fourth-order valence-electron chi connectivity index (χ4n) is 0.170. The molecule has 0 heterocycles. The van der Waals surface area contributed by atoms with Gasteiger partial charge in [0.15, 0.2) is 0 Å². The highest BCUT2D eigenvalue weighted by Crippen LogP contribution is 2.75. The van der Waals surface area contributed by atoms with E-state index in [-0.39, 0.29) is 0 Å². The number of hydrogen-bond acceptors (Lipinski definition) is 2. The van der Waals surface area contributed by atoms with Crippen molar-refractivity contribution in [2.45, 2.75) is 0 Å². The van der Waals surface area contributed by atoms with Crippen molar-refractivity contribution < 1.29 is 28.7 Å². The molecule has 0 bridgehead atoms. The molecule has 0 amide bonds. The Kier molecular flexibility index (Phi) is 2.99. The molecular formula is H5O6P3. The fourth-order valence-corrected chi connectivity index (χ4v) is 4.58. The lowest BCUT2D eigenvalue weighted by molar-refractivity contribution is 0.390. The van der Waals surface area contributed by atoms with E-state index in [1.165, 1.54) is 0 Å². The molecule has 0 saturated carbocycles. The van der Waals surface area contributed by atoms with Crippen LogP contribution in [-0.4, -0.2) is 19.6 Å². The zero-order valence-electron chi connectivity index (χ0n) is 4.00. The van der Waals surface area contributed by atoms with Gasteiger partial charge in [-0.1, -0.05) is 0 Å². The third kappa shape index (κ3) is 8.73. The Hall–Kier alpha value is 0.730. The van der Waals surface area contributed by atoms with Crippen molar-refractivity contribution in [1.82, 2.24) is 0 Å². The monoisotopic (exact) mass is 194 g/mol. The van der Waals surface area contributed by atoms with E-state index in [0.717, 1.165) is 0 Å².